The van der Waals surface area contributed by atoms with Crippen molar-refractivity contribution in [3.05, 3.63) is 16.1 Å². The molecular formula is C13H19N3O2S. The van der Waals surface area contributed by atoms with Crippen molar-refractivity contribution in [2.45, 2.75) is 44.6 Å². The molecule has 0 unspecified atom stereocenters. The first-order valence-electron chi connectivity index (χ1n) is 6.58. The normalized spacial score (nSPS) is 16.3. The molecule has 104 valence electrons. The highest BCUT2D eigenvalue weighted by Crippen LogP contribution is 2.22. The molecule has 1 aliphatic carbocycles. The third-order valence-electron chi connectivity index (χ3n) is 3.61. The summed E-state index contributed by atoms with van der Waals surface area (Å²) in [5.74, 6) is -0.474. The number of carbonyl (C=O) groups is 2. The van der Waals surface area contributed by atoms with Crippen LogP contribution in [-0.4, -0.2) is 34.8 Å². The zero-order valence-electron chi connectivity index (χ0n) is 11.1. The van der Waals surface area contributed by atoms with Gasteiger partial charge in [-0.25, -0.2) is 4.98 Å². The monoisotopic (exact) mass is 281 g/mol. The number of nitrogens with zero attached hydrogens (tertiary/aromatic N) is 2. The maximum atomic E-state index is 12.2. The molecule has 0 aliphatic heterocycles. The van der Waals surface area contributed by atoms with Crippen molar-refractivity contribution in [3.8, 4) is 0 Å². The van der Waals surface area contributed by atoms with Gasteiger partial charge in [-0.3, -0.25) is 9.59 Å². The van der Waals surface area contributed by atoms with E-state index in [0.29, 0.717) is 11.7 Å². The largest absolute Gasteiger partial charge is 0.364 e. The van der Waals surface area contributed by atoms with Crippen LogP contribution in [0.2, 0.25) is 0 Å². The first-order chi connectivity index (χ1) is 9.08. The number of aromatic nitrogens is 1. The summed E-state index contributed by atoms with van der Waals surface area (Å²) in [6.45, 7) is 0. The lowest BCUT2D eigenvalue weighted by atomic mass is 9.94. The standard InChI is InChI=1S/C13H19N3O2S/c1-16(10-5-3-2-4-6-10)11(17)7-9-8-19-13(15-9)12(14)18/h8,10H,2-7H2,1H3,(H2,14,18). The molecule has 6 heteroatoms. The van der Waals surface area contributed by atoms with Gasteiger partial charge in [0.1, 0.15) is 0 Å². The van der Waals surface area contributed by atoms with Crippen molar-refractivity contribution in [2.75, 3.05) is 7.05 Å². The first kappa shape index (κ1) is 14.0. The number of amides is 2. The molecule has 1 aromatic heterocycles. The van der Waals surface area contributed by atoms with Crippen LogP contribution in [0.5, 0.6) is 0 Å². The molecule has 2 rings (SSSR count). The Bertz CT molecular complexity index is 466. The number of carbonyl (C=O) groups excluding carboxylic acids is 2. The third kappa shape index (κ3) is 3.53. The van der Waals surface area contributed by atoms with Crippen LogP contribution in [0.25, 0.3) is 0 Å². The van der Waals surface area contributed by atoms with Gasteiger partial charge >= 0.3 is 0 Å². The molecule has 5 nitrogen and oxygen atoms in total. The van der Waals surface area contributed by atoms with Gasteiger partial charge in [-0.2, -0.15) is 0 Å². The summed E-state index contributed by atoms with van der Waals surface area (Å²) in [7, 11) is 1.86. The Hall–Kier alpha value is -1.43. The van der Waals surface area contributed by atoms with Gasteiger partial charge in [0.25, 0.3) is 5.91 Å². The number of thiazole rings is 1. The van der Waals surface area contributed by atoms with Crippen LogP contribution < -0.4 is 5.73 Å². The first-order valence-corrected chi connectivity index (χ1v) is 7.45. The summed E-state index contributed by atoms with van der Waals surface area (Å²) in [4.78, 5) is 29.0. The maximum absolute atomic E-state index is 12.2. The highest BCUT2D eigenvalue weighted by Gasteiger charge is 2.22. The van der Waals surface area contributed by atoms with E-state index in [0.717, 1.165) is 12.8 Å². The van der Waals surface area contributed by atoms with Crippen molar-refractivity contribution >= 4 is 23.2 Å². The Morgan fingerprint density at radius 1 is 1.42 bits per heavy atom. The highest BCUT2D eigenvalue weighted by molar-refractivity contribution is 7.11. The molecule has 1 heterocycles. The Morgan fingerprint density at radius 2 is 2.11 bits per heavy atom. The molecule has 2 amide bonds. The van der Waals surface area contributed by atoms with E-state index in [1.54, 1.807) is 5.38 Å². The summed E-state index contributed by atoms with van der Waals surface area (Å²) in [5.41, 5.74) is 5.78. The maximum Gasteiger partial charge on any atom is 0.277 e. The second kappa shape index (κ2) is 6.14. The fourth-order valence-electron chi connectivity index (χ4n) is 2.45. The lowest BCUT2D eigenvalue weighted by Gasteiger charge is -2.31. The Labute approximate surface area is 116 Å². The lowest BCUT2D eigenvalue weighted by Crippen LogP contribution is -2.39. The fraction of sp³-hybridized carbons (Fsp3) is 0.615. The summed E-state index contributed by atoms with van der Waals surface area (Å²) in [6.07, 6.45) is 6.09. The van der Waals surface area contributed by atoms with Gasteiger partial charge in [-0.1, -0.05) is 19.3 Å². The average Bonchev–Trinajstić information content (AvgIpc) is 2.87. The second-order valence-corrected chi connectivity index (χ2v) is 5.84. The van der Waals surface area contributed by atoms with Crippen molar-refractivity contribution in [2.24, 2.45) is 5.73 Å². The van der Waals surface area contributed by atoms with E-state index in [4.69, 9.17) is 5.73 Å². The van der Waals surface area contributed by atoms with Crippen LogP contribution in [0.15, 0.2) is 5.38 Å². The smallest absolute Gasteiger partial charge is 0.277 e. The van der Waals surface area contributed by atoms with Crippen LogP contribution in [0.4, 0.5) is 0 Å². The van der Waals surface area contributed by atoms with Gasteiger partial charge in [0.05, 0.1) is 12.1 Å². The number of nitrogens with two attached hydrogens (primary N) is 1. The molecule has 1 saturated carbocycles. The molecular weight excluding hydrogens is 262 g/mol. The van der Waals surface area contributed by atoms with E-state index in [-0.39, 0.29) is 17.3 Å². The van der Waals surface area contributed by atoms with Crippen LogP contribution in [0.1, 0.15) is 47.6 Å². The van der Waals surface area contributed by atoms with Crippen molar-refractivity contribution in [1.82, 2.24) is 9.88 Å². The molecule has 1 aromatic rings. The molecule has 0 spiro atoms. The van der Waals surface area contributed by atoms with E-state index in [2.05, 4.69) is 4.98 Å². The van der Waals surface area contributed by atoms with Gasteiger partial charge in [0.2, 0.25) is 5.91 Å². The van der Waals surface area contributed by atoms with Gasteiger partial charge in [-0.15, -0.1) is 11.3 Å². The summed E-state index contributed by atoms with van der Waals surface area (Å²) >= 11 is 1.19. The number of hydrogen-bond acceptors (Lipinski definition) is 4. The zero-order valence-corrected chi connectivity index (χ0v) is 11.9. The van der Waals surface area contributed by atoms with Gasteiger partial charge in [-0.05, 0) is 12.8 Å². The van der Waals surface area contributed by atoms with Crippen LogP contribution in [-0.2, 0) is 11.2 Å². The summed E-state index contributed by atoms with van der Waals surface area (Å²) in [5, 5.41) is 2.00. The van der Waals surface area contributed by atoms with E-state index in [9.17, 15) is 9.59 Å². The van der Waals surface area contributed by atoms with E-state index in [1.807, 2.05) is 11.9 Å². The fourth-order valence-corrected chi connectivity index (χ4v) is 3.12. The molecule has 0 bridgehead atoms. The molecule has 0 radical (unpaired) electrons. The molecule has 1 fully saturated rings. The minimum absolute atomic E-state index is 0.0632. The summed E-state index contributed by atoms with van der Waals surface area (Å²) < 4.78 is 0. The number of hydrogen-bond donors (Lipinski definition) is 1. The van der Waals surface area contributed by atoms with Crippen molar-refractivity contribution < 1.29 is 9.59 Å². The second-order valence-electron chi connectivity index (χ2n) is 4.98. The Balaban J connectivity index is 1.93. The van der Waals surface area contributed by atoms with Crippen molar-refractivity contribution in [1.29, 1.82) is 0 Å². The SMILES string of the molecule is CN(C(=O)Cc1csc(C(N)=O)n1)C1CCCCC1. The summed E-state index contributed by atoms with van der Waals surface area (Å²) in [6, 6.07) is 0.357. The zero-order chi connectivity index (χ0) is 13.8. The van der Waals surface area contributed by atoms with Gasteiger partial charge < -0.3 is 10.6 Å². The van der Waals surface area contributed by atoms with E-state index < -0.39 is 5.91 Å². The van der Waals surface area contributed by atoms with Crippen molar-refractivity contribution in [3.63, 3.8) is 0 Å². The molecule has 0 atom stereocenters. The van der Waals surface area contributed by atoms with E-state index in [1.165, 1.54) is 30.6 Å². The predicted octanol–water partition coefficient (Wildman–Crippen LogP) is 1.58. The minimum Gasteiger partial charge on any atom is -0.364 e. The third-order valence-corrected chi connectivity index (χ3v) is 4.52. The predicted molar refractivity (Wildman–Crippen MR) is 74.0 cm³/mol. The molecule has 2 N–H and O–H groups in total. The van der Waals surface area contributed by atoms with Crippen LogP contribution in [0.3, 0.4) is 0 Å². The Kier molecular flexibility index (Phi) is 4.52. The molecule has 0 saturated heterocycles. The molecule has 19 heavy (non-hydrogen) atoms. The minimum atomic E-state index is -0.538. The van der Waals surface area contributed by atoms with Crippen LogP contribution >= 0.6 is 11.3 Å². The van der Waals surface area contributed by atoms with Crippen LogP contribution in [0, 0.1) is 0 Å². The number of likely N-dealkylation sites (N-methyl/N-ethyl adjacent to an activating group) is 1. The topological polar surface area (TPSA) is 76.3 Å². The van der Waals surface area contributed by atoms with E-state index >= 15 is 0 Å². The highest BCUT2D eigenvalue weighted by atomic mass is 32.1. The quantitative estimate of drug-likeness (QED) is 0.910. The lowest BCUT2D eigenvalue weighted by molar-refractivity contribution is -0.131. The number of primary amides is 1. The average molecular weight is 281 g/mol. The Morgan fingerprint density at radius 3 is 2.68 bits per heavy atom. The van der Waals surface area contributed by atoms with Gasteiger partial charge in [0.15, 0.2) is 5.01 Å². The number of rotatable bonds is 4. The van der Waals surface area contributed by atoms with Gasteiger partial charge in [0, 0.05) is 18.5 Å². The molecule has 0 aromatic carbocycles. The molecule has 1 aliphatic rings.